The highest BCUT2D eigenvalue weighted by Crippen LogP contribution is 2.25. The maximum Gasteiger partial charge on any atom is 0.331 e. The van der Waals surface area contributed by atoms with Crippen LogP contribution in [0.2, 0.25) is 5.02 Å². The number of hydrogen-bond donors (Lipinski definition) is 1. The Kier molecular flexibility index (Phi) is 11.0. The molecule has 1 rings (SSSR count). The lowest BCUT2D eigenvalue weighted by Crippen LogP contribution is -2.41. The number of halogens is 1. The summed E-state index contributed by atoms with van der Waals surface area (Å²) in [5.41, 5.74) is 0.0271. The molecule has 0 aliphatic heterocycles. The molecule has 8 heteroatoms. The summed E-state index contributed by atoms with van der Waals surface area (Å²) < 4.78 is 26.5. The van der Waals surface area contributed by atoms with E-state index in [9.17, 15) is 18.0 Å². The minimum Gasteiger partial charge on any atom is -0.337 e. The molecule has 0 aliphatic rings. The highest BCUT2D eigenvalue weighted by molar-refractivity contribution is 7.89. The van der Waals surface area contributed by atoms with Crippen molar-refractivity contribution in [2.24, 2.45) is 0 Å². The van der Waals surface area contributed by atoms with Gasteiger partial charge in [0.1, 0.15) is 0 Å². The molecular weight excluding hydrogens is 412 g/mol. The van der Waals surface area contributed by atoms with Crippen LogP contribution in [-0.2, 0) is 10.0 Å². The van der Waals surface area contributed by atoms with Gasteiger partial charge in [0.2, 0.25) is 0 Å². The fourth-order valence-electron chi connectivity index (χ4n) is 2.78. The van der Waals surface area contributed by atoms with E-state index in [2.05, 4.69) is 11.9 Å². The van der Waals surface area contributed by atoms with Crippen molar-refractivity contribution in [1.82, 2.24) is 9.62 Å². The first kappa shape index (κ1) is 25.2. The number of carbonyl (C=O) groups is 2. The largest absolute Gasteiger partial charge is 0.337 e. The number of nitrogens with one attached hydrogen (secondary N) is 1. The number of benzene rings is 1. The van der Waals surface area contributed by atoms with Gasteiger partial charge in [0.15, 0.2) is 5.78 Å². The third-order valence-electron chi connectivity index (χ3n) is 4.50. The summed E-state index contributed by atoms with van der Waals surface area (Å²) in [7, 11) is -3.00. The highest BCUT2D eigenvalue weighted by Gasteiger charge is 2.29. The second-order valence-electron chi connectivity index (χ2n) is 6.86. The van der Waals surface area contributed by atoms with E-state index in [0.717, 1.165) is 32.1 Å². The van der Waals surface area contributed by atoms with Crippen LogP contribution >= 0.6 is 11.6 Å². The number of unbranched alkanes of at least 4 members (excludes halogenated alkanes) is 5. The molecule has 0 saturated carbocycles. The summed E-state index contributed by atoms with van der Waals surface area (Å²) >= 11 is 6.01. The number of hydrogen-bond acceptors (Lipinski definition) is 4. The minimum atomic E-state index is -4.17. The molecule has 1 N–H and O–H groups in total. The zero-order valence-corrected chi connectivity index (χ0v) is 18.8. The number of Topliss-reactive ketones (excluding diaryl/α,β-unsaturated/α-hetero) is 1. The zero-order chi connectivity index (χ0) is 21.9. The van der Waals surface area contributed by atoms with Crippen LogP contribution in [0.25, 0.3) is 0 Å². The SMILES string of the molecule is C=CCCCCCCCC(=O)c1cc(Cl)ccc1S(=O)(=O)N(C)C(=O)NCCC. The summed E-state index contributed by atoms with van der Waals surface area (Å²) in [4.78, 5) is 24.6. The molecule has 0 atom stereocenters. The molecule has 0 fully saturated rings. The van der Waals surface area contributed by atoms with Crippen molar-refractivity contribution in [2.45, 2.75) is 63.2 Å². The van der Waals surface area contributed by atoms with Crippen LogP contribution in [0, 0.1) is 0 Å². The van der Waals surface area contributed by atoms with E-state index in [-0.39, 0.29) is 27.7 Å². The molecule has 1 aromatic carbocycles. The van der Waals surface area contributed by atoms with Crippen LogP contribution in [0.15, 0.2) is 35.7 Å². The fraction of sp³-hybridized carbons (Fsp3) is 0.524. The first-order valence-corrected chi connectivity index (χ1v) is 11.8. The molecule has 29 heavy (non-hydrogen) atoms. The first-order valence-electron chi connectivity index (χ1n) is 9.96. The van der Waals surface area contributed by atoms with E-state index in [4.69, 9.17) is 11.6 Å². The van der Waals surface area contributed by atoms with Gasteiger partial charge in [-0.3, -0.25) is 4.79 Å². The maximum atomic E-state index is 12.9. The lowest BCUT2D eigenvalue weighted by atomic mass is 10.0. The van der Waals surface area contributed by atoms with Crippen molar-refractivity contribution in [2.75, 3.05) is 13.6 Å². The second-order valence-corrected chi connectivity index (χ2v) is 9.24. The van der Waals surface area contributed by atoms with Crippen LogP contribution in [0.5, 0.6) is 0 Å². The van der Waals surface area contributed by atoms with Gasteiger partial charge in [-0.1, -0.05) is 43.9 Å². The van der Waals surface area contributed by atoms with E-state index in [1.54, 1.807) is 0 Å². The third kappa shape index (κ3) is 7.82. The van der Waals surface area contributed by atoms with Crippen molar-refractivity contribution in [1.29, 1.82) is 0 Å². The van der Waals surface area contributed by atoms with Gasteiger partial charge in [-0.15, -0.1) is 6.58 Å². The van der Waals surface area contributed by atoms with Gasteiger partial charge in [0.05, 0.1) is 4.90 Å². The smallest absolute Gasteiger partial charge is 0.331 e. The Morgan fingerprint density at radius 1 is 1.17 bits per heavy atom. The number of rotatable bonds is 13. The van der Waals surface area contributed by atoms with Crippen molar-refractivity contribution < 1.29 is 18.0 Å². The highest BCUT2D eigenvalue weighted by atomic mass is 35.5. The molecule has 0 heterocycles. The van der Waals surface area contributed by atoms with Crippen LogP contribution in [0.3, 0.4) is 0 Å². The van der Waals surface area contributed by atoms with Gasteiger partial charge in [0.25, 0.3) is 10.0 Å². The van der Waals surface area contributed by atoms with Gasteiger partial charge in [-0.05, 0) is 43.9 Å². The molecule has 1 aromatic rings. The van der Waals surface area contributed by atoms with E-state index in [1.807, 2.05) is 13.0 Å². The quantitative estimate of drug-likeness (QED) is 0.259. The molecule has 0 spiro atoms. The van der Waals surface area contributed by atoms with Crippen LogP contribution in [0.1, 0.15) is 68.6 Å². The summed E-state index contributed by atoms with van der Waals surface area (Å²) in [6.45, 7) is 5.92. The van der Waals surface area contributed by atoms with Crippen molar-refractivity contribution in [3.8, 4) is 0 Å². The summed E-state index contributed by atoms with van der Waals surface area (Å²) in [6.07, 6.45) is 8.54. The molecule has 0 saturated heterocycles. The molecule has 0 bridgehead atoms. The Balaban J connectivity index is 2.89. The number of amides is 2. The van der Waals surface area contributed by atoms with Crippen LogP contribution in [-0.4, -0.2) is 38.1 Å². The van der Waals surface area contributed by atoms with E-state index < -0.39 is 16.1 Å². The standard InChI is InChI=1S/C21H31ClN2O4S/c1-4-6-7-8-9-10-11-12-19(25)18-16-17(22)13-14-20(18)29(27,28)24(3)21(26)23-15-5-2/h4,13-14,16H,1,5-12,15H2,2-3H3,(H,23,26). The van der Waals surface area contributed by atoms with Gasteiger partial charge < -0.3 is 5.32 Å². The molecule has 0 unspecified atom stereocenters. The number of nitrogens with zero attached hydrogens (tertiary/aromatic N) is 1. The number of ketones is 1. The van der Waals surface area contributed by atoms with Crippen LogP contribution < -0.4 is 5.32 Å². The van der Waals surface area contributed by atoms with Crippen LogP contribution in [0.4, 0.5) is 4.79 Å². The molecule has 0 aliphatic carbocycles. The topological polar surface area (TPSA) is 83.6 Å². The van der Waals surface area contributed by atoms with Gasteiger partial charge in [0, 0.05) is 30.6 Å². The average Bonchev–Trinajstić information content (AvgIpc) is 2.70. The normalized spacial score (nSPS) is 11.1. The summed E-state index contributed by atoms with van der Waals surface area (Å²) in [5, 5.41) is 2.79. The minimum absolute atomic E-state index is 0.0271. The van der Waals surface area contributed by atoms with E-state index >= 15 is 0 Å². The maximum absolute atomic E-state index is 12.9. The van der Waals surface area contributed by atoms with Gasteiger partial charge in [-0.2, -0.15) is 0 Å². The van der Waals surface area contributed by atoms with Gasteiger partial charge in [-0.25, -0.2) is 17.5 Å². The molecule has 6 nitrogen and oxygen atoms in total. The first-order chi connectivity index (χ1) is 13.8. The molecule has 2 amide bonds. The second kappa shape index (κ2) is 12.6. The Hall–Kier alpha value is -1.86. The Morgan fingerprint density at radius 2 is 1.83 bits per heavy atom. The fourth-order valence-corrected chi connectivity index (χ4v) is 4.22. The molecule has 0 aromatic heterocycles. The Morgan fingerprint density at radius 3 is 2.48 bits per heavy atom. The number of allylic oxidation sites excluding steroid dienone is 1. The summed E-state index contributed by atoms with van der Waals surface area (Å²) in [5.74, 6) is -0.292. The molecule has 0 radical (unpaired) electrons. The van der Waals surface area contributed by atoms with E-state index in [0.29, 0.717) is 23.7 Å². The van der Waals surface area contributed by atoms with Crippen molar-refractivity contribution in [3.63, 3.8) is 0 Å². The number of carbonyl (C=O) groups excluding carboxylic acids is 2. The third-order valence-corrected chi connectivity index (χ3v) is 6.54. The number of sulfonamides is 1. The lowest BCUT2D eigenvalue weighted by molar-refractivity contribution is 0.0975. The van der Waals surface area contributed by atoms with Crippen molar-refractivity contribution >= 4 is 33.4 Å². The lowest BCUT2D eigenvalue weighted by Gasteiger charge is -2.20. The monoisotopic (exact) mass is 442 g/mol. The average molecular weight is 443 g/mol. The predicted octanol–water partition coefficient (Wildman–Crippen LogP) is 5.18. The predicted molar refractivity (Wildman–Crippen MR) is 117 cm³/mol. The van der Waals surface area contributed by atoms with Gasteiger partial charge >= 0.3 is 6.03 Å². The van der Waals surface area contributed by atoms with Crippen molar-refractivity contribution in [3.05, 3.63) is 41.4 Å². The Bertz CT molecular complexity index is 809. The molecular formula is C21H31ClN2O4S. The number of urea groups is 1. The zero-order valence-electron chi connectivity index (χ0n) is 17.2. The van der Waals surface area contributed by atoms with E-state index in [1.165, 1.54) is 25.2 Å². The summed E-state index contributed by atoms with van der Waals surface area (Å²) in [6, 6.07) is 3.31. The molecule has 162 valence electrons. The Labute approximate surface area is 179 Å².